The van der Waals surface area contributed by atoms with Gasteiger partial charge in [0, 0.05) is 23.9 Å². The van der Waals surface area contributed by atoms with Crippen LogP contribution in [0.3, 0.4) is 0 Å². The molecule has 1 aliphatic rings. The van der Waals surface area contributed by atoms with Crippen molar-refractivity contribution in [3.8, 4) is 5.88 Å². The van der Waals surface area contributed by atoms with E-state index in [1.54, 1.807) is 37.2 Å². The van der Waals surface area contributed by atoms with E-state index in [2.05, 4.69) is 20.0 Å². The Kier molecular flexibility index (Phi) is 6.48. The van der Waals surface area contributed by atoms with Crippen LogP contribution in [0.15, 0.2) is 23.6 Å². The summed E-state index contributed by atoms with van der Waals surface area (Å²) in [4.78, 5) is 25.8. The summed E-state index contributed by atoms with van der Waals surface area (Å²) in [6, 6.07) is 1.60. The lowest BCUT2D eigenvalue weighted by Crippen LogP contribution is -2.42. The topological polar surface area (TPSA) is 113 Å². The van der Waals surface area contributed by atoms with Crippen molar-refractivity contribution in [3.63, 3.8) is 0 Å². The van der Waals surface area contributed by atoms with E-state index in [0.29, 0.717) is 28.5 Å². The standard InChI is InChI=1S/C21H27ClN6O3/c1-20(2,3)31-19(29)28-8-6-7-13(28)12-30-18-15-10-24-17(22)9-14(15)16(11-25-18)21(4,5)26-27-23/h9-11,13H,6-8,12H2,1-5H3/t13-/m1/s1. The summed E-state index contributed by atoms with van der Waals surface area (Å²) in [5, 5.41) is 5.60. The van der Waals surface area contributed by atoms with E-state index in [0.717, 1.165) is 18.2 Å². The molecule has 9 nitrogen and oxygen atoms in total. The summed E-state index contributed by atoms with van der Waals surface area (Å²) in [6.07, 6.45) is 4.59. The van der Waals surface area contributed by atoms with Gasteiger partial charge in [0.15, 0.2) is 0 Å². The van der Waals surface area contributed by atoms with E-state index in [4.69, 9.17) is 26.6 Å². The lowest BCUT2D eigenvalue weighted by molar-refractivity contribution is 0.0186. The van der Waals surface area contributed by atoms with Crippen LogP contribution in [0, 0.1) is 0 Å². The first-order chi connectivity index (χ1) is 14.5. The predicted molar refractivity (Wildman–Crippen MR) is 118 cm³/mol. The maximum Gasteiger partial charge on any atom is 0.410 e. The predicted octanol–water partition coefficient (Wildman–Crippen LogP) is 5.61. The number of halogens is 1. The summed E-state index contributed by atoms with van der Waals surface area (Å²) in [7, 11) is 0. The fourth-order valence-electron chi connectivity index (χ4n) is 3.60. The Morgan fingerprint density at radius 1 is 1.29 bits per heavy atom. The van der Waals surface area contributed by atoms with Gasteiger partial charge >= 0.3 is 6.09 Å². The fourth-order valence-corrected chi connectivity index (χ4v) is 3.76. The molecular weight excluding hydrogens is 420 g/mol. The molecule has 3 heterocycles. The molecule has 1 fully saturated rings. The van der Waals surface area contributed by atoms with E-state index >= 15 is 0 Å². The van der Waals surface area contributed by atoms with E-state index in [-0.39, 0.29) is 18.7 Å². The first-order valence-corrected chi connectivity index (χ1v) is 10.5. The molecule has 0 unspecified atom stereocenters. The smallest absolute Gasteiger partial charge is 0.410 e. The van der Waals surface area contributed by atoms with Gasteiger partial charge in [0.2, 0.25) is 5.88 Å². The number of carbonyl (C=O) groups is 1. The van der Waals surface area contributed by atoms with Crippen molar-refractivity contribution in [1.82, 2.24) is 14.9 Å². The average Bonchev–Trinajstić information content (AvgIpc) is 3.13. The van der Waals surface area contributed by atoms with Crippen molar-refractivity contribution in [2.45, 2.75) is 64.6 Å². The van der Waals surface area contributed by atoms with E-state index < -0.39 is 11.1 Å². The molecule has 1 amide bonds. The van der Waals surface area contributed by atoms with E-state index in [1.807, 2.05) is 20.8 Å². The molecule has 0 bridgehead atoms. The molecule has 1 atom stereocenters. The Bertz CT molecular complexity index is 1030. The second-order valence-corrected chi connectivity index (χ2v) is 9.45. The summed E-state index contributed by atoms with van der Waals surface area (Å²) >= 11 is 6.12. The van der Waals surface area contributed by atoms with Crippen molar-refractivity contribution in [2.24, 2.45) is 5.11 Å². The van der Waals surface area contributed by atoms with Crippen LogP contribution in [-0.4, -0.2) is 45.8 Å². The Morgan fingerprint density at radius 3 is 2.71 bits per heavy atom. The number of likely N-dealkylation sites (tertiary alicyclic amines) is 1. The van der Waals surface area contributed by atoms with Gasteiger partial charge in [0.05, 0.1) is 17.0 Å². The number of nitrogens with zero attached hydrogens (tertiary/aromatic N) is 6. The minimum absolute atomic E-state index is 0.105. The van der Waals surface area contributed by atoms with E-state index in [9.17, 15) is 4.79 Å². The van der Waals surface area contributed by atoms with E-state index in [1.165, 1.54) is 0 Å². The van der Waals surface area contributed by atoms with Gasteiger partial charge in [-0.1, -0.05) is 30.6 Å². The molecule has 0 radical (unpaired) electrons. The highest BCUT2D eigenvalue weighted by atomic mass is 35.5. The first kappa shape index (κ1) is 22.9. The van der Waals surface area contributed by atoms with Gasteiger partial charge in [-0.05, 0) is 56.2 Å². The number of carbonyl (C=O) groups excluding carboxylic acids is 1. The summed E-state index contributed by atoms with van der Waals surface area (Å²) in [5.41, 5.74) is 8.25. The van der Waals surface area contributed by atoms with Crippen LogP contribution >= 0.6 is 11.6 Å². The zero-order valence-corrected chi connectivity index (χ0v) is 19.2. The molecule has 3 rings (SSSR count). The number of pyridine rings is 2. The highest BCUT2D eigenvalue weighted by molar-refractivity contribution is 6.30. The van der Waals surface area contributed by atoms with Crippen molar-refractivity contribution in [1.29, 1.82) is 0 Å². The second kappa shape index (κ2) is 8.77. The largest absolute Gasteiger partial charge is 0.475 e. The van der Waals surface area contributed by atoms with Crippen LogP contribution < -0.4 is 4.74 Å². The third-order valence-electron chi connectivity index (χ3n) is 5.07. The molecule has 166 valence electrons. The molecule has 0 spiro atoms. The average molecular weight is 447 g/mol. The highest BCUT2D eigenvalue weighted by Gasteiger charge is 2.33. The maximum atomic E-state index is 12.5. The lowest BCUT2D eigenvalue weighted by atomic mass is 9.93. The molecule has 0 aromatic carbocycles. The van der Waals surface area contributed by atoms with Crippen LogP contribution in [0.1, 0.15) is 53.0 Å². The third-order valence-corrected chi connectivity index (χ3v) is 5.28. The Balaban J connectivity index is 1.86. The van der Waals surface area contributed by atoms with Gasteiger partial charge in [-0.15, -0.1) is 0 Å². The van der Waals surface area contributed by atoms with Crippen molar-refractivity contribution < 1.29 is 14.3 Å². The van der Waals surface area contributed by atoms with Gasteiger partial charge < -0.3 is 14.4 Å². The quantitative estimate of drug-likeness (QED) is 0.256. The zero-order chi connectivity index (χ0) is 22.8. The number of amides is 1. The van der Waals surface area contributed by atoms with Crippen molar-refractivity contribution >= 4 is 28.5 Å². The van der Waals surface area contributed by atoms with Gasteiger partial charge in [-0.3, -0.25) is 0 Å². The van der Waals surface area contributed by atoms with Crippen LogP contribution in [0.25, 0.3) is 21.2 Å². The summed E-state index contributed by atoms with van der Waals surface area (Å²) in [6.45, 7) is 10.1. The Morgan fingerprint density at radius 2 is 2.03 bits per heavy atom. The van der Waals surface area contributed by atoms with Crippen molar-refractivity contribution in [2.75, 3.05) is 13.2 Å². The fraction of sp³-hybridized carbons (Fsp3) is 0.571. The number of ether oxygens (including phenoxy) is 2. The highest BCUT2D eigenvalue weighted by Crippen LogP contribution is 2.35. The zero-order valence-electron chi connectivity index (χ0n) is 18.4. The van der Waals surface area contributed by atoms with Crippen molar-refractivity contribution in [3.05, 3.63) is 39.6 Å². The SMILES string of the molecule is CC(C)(C)OC(=O)N1CCC[C@@H]1COc1ncc(C(C)(C)N=[N+]=[N-])c2cc(Cl)ncc12. The van der Waals surface area contributed by atoms with Crippen LogP contribution in [0.5, 0.6) is 5.88 Å². The number of rotatable bonds is 5. The Labute approximate surface area is 186 Å². The number of azide groups is 1. The minimum Gasteiger partial charge on any atom is -0.475 e. The first-order valence-electron chi connectivity index (χ1n) is 10.2. The third kappa shape index (κ3) is 5.29. The molecule has 1 saturated heterocycles. The maximum absolute atomic E-state index is 12.5. The normalized spacial score (nSPS) is 16.8. The van der Waals surface area contributed by atoms with Crippen LogP contribution in [0.4, 0.5) is 4.79 Å². The molecular formula is C21H27ClN6O3. The number of fused-ring (bicyclic) bond motifs is 1. The molecule has 0 saturated carbocycles. The van der Waals surface area contributed by atoms with Gasteiger partial charge in [0.1, 0.15) is 17.4 Å². The van der Waals surface area contributed by atoms with Gasteiger partial charge in [-0.2, -0.15) is 0 Å². The van der Waals surface area contributed by atoms with Crippen LogP contribution in [0.2, 0.25) is 5.15 Å². The monoisotopic (exact) mass is 446 g/mol. The molecule has 1 aliphatic heterocycles. The molecule has 0 N–H and O–H groups in total. The molecule has 2 aromatic heterocycles. The van der Waals surface area contributed by atoms with Gasteiger partial charge in [0.25, 0.3) is 0 Å². The second-order valence-electron chi connectivity index (χ2n) is 9.06. The number of aromatic nitrogens is 2. The Hall–Kier alpha value is -2.77. The molecule has 2 aromatic rings. The summed E-state index contributed by atoms with van der Waals surface area (Å²) in [5.74, 6) is 0.385. The molecule has 0 aliphatic carbocycles. The minimum atomic E-state index is -0.831. The summed E-state index contributed by atoms with van der Waals surface area (Å²) < 4.78 is 11.5. The molecule has 31 heavy (non-hydrogen) atoms. The van der Waals surface area contributed by atoms with Crippen LogP contribution in [-0.2, 0) is 10.3 Å². The number of hydrogen-bond acceptors (Lipinski definition) is 6. The lowest BCUT2D eigenvalue weighted by Gasteiger charge is -2.28. The molecule has 10 heteroatoms. The number of hydrogen-bond donors (Lipinski definition) is 0. The van der Waals surface area contributed by atoms with Gasteiger partial charge in [-0.25, -0.2) is 14.8 Å².